The van der Waals surface area contributed by atoms with Gasteiger partial charge >= 0.3 is 0 Å². The number of ether oxygens (including phenoxy) is 2. The third-order valence-electron chi connectivity index (χ3n) is 3.62. The molecule has 1 saturated heterocycles. The summed E-state index contributed by atoms with van der Waals surface area (Å²) in [5.41, 5.74) is 0. The van der Waals surface area contributed by atoms with Crippen LogP contribution >= 0.6 is 0 Å². The van der Waals surface area contributed by atoms with E-state index in [1.807, 2.05) is 0 Å². The van der Waals surface area contributed by atoms with E-state index in [0.717, 1.165) is 0 Å². The second-order valence-electron chi connectivity index (χ2n) is 4.82. The number of hydrogen-bond donors (Lipinski definition) is 0. The van der Waals surface area contributed by atoms with Crippen molar-refractivity contribution < 1.29 is 17.9 Å². The summed E-state index contributed by atoms with van der Waals surface area (Å²) >= 11 is 0. The highest BCUT2D eigenvalue weighted by molar-refractivity contribution is 7.89. The number of hydrogen-bond acceptors (Lipinski definition) is 5. The van der Waals surface area contributed by atoms with Crippen LogP contribution in [0.2, 0.25) is 0 Å². The predicted octanol–water partition coefficient (Wildman–Crippen LogP) is 1.34. The van der Waals surface area contributed by atoms with Crippen molar-refractivity contribution in [2.75, 3.05) is 19.9 Å². The van der Waals surface area contributed by atoms with Crippen molar-refractivity contribution in [2.45, 2.75) is 17.7 Å². The van der Waals surface area contributed by atoms with Gasteiger partial charge in [0, 0.05) is 25.1 Å². The molecule has 7 heteroatoms. The van der Waals surface area contributed by atoms with E-state index in [4.69, 9.17) is 14.7 Å². The molecule has 1 aromatic carbocycles. The Hall–Kier alpha value is -1.78. The fourth-order valence-corrected chi connectivity index (χ4v) is 3.90. The number of nitrogens with zero attached hydrogens (tertiary/aromatic N) is 2. The van der Waals surface area contributed by atoms with Crippen LogP contribution in [0.5, 0.6) is 11.5 Å². The summed E-state index contributed by atoms with van der Waals surface area (Å²) in [5, 5.41) is 8.85. The number of piperidine rings is 1. The van der Waals surface area contributed by atoms with Gasteiger partial charge in [0.15, 0.2) is 11.5 Å². The van der Waals surface area contributed by atoms with Gasteiger partial charge in [0.2, 0.25) is 16.8 Å². The maximum Gasteiger partial charge on any atom is 0.243 e. The molecule has 1 aromatic rings. The molecule has 0 aromatic heterocycles. The van der Waals surface area contributed by atoms with Crippen LogP contribution in [-0.2, 0) is 10.0 Å². The van der Waals surface area contributed by atoms with Gasteiger partial charge in [0.05, 0.1) is 11.0 Å². The Bertz CT molecular complexity index is 657. The predicted molar refractivity (Wildman–Crippen MR) is 69.7 cm³/mol. The second-order valence-corrected chi connectivity index (χ2v) is 6.76. The minimum absolute atomic E-state index is 0.0433. The summed E-state index contributed by atoms with van der Waals surface area (Å²) in [6.45, 7) is 0.885. The molecular formula is C13H14N2O4S. The van der Waals surface area contributed by atoms with Gasteiger partial charge in [-0.3, -0.25) is 0 Å². The van der Waals surface area contributed by atoms with Gasteiger partial charge in [-0.15, -0.1) is 0 Å². The maximum atomic E-state index is 12.5. The molecule has 2 heterocycles. The molecule has 0 N–H and O–H groups in total. The molecule has 6 nitrogen and oxygen atoms in total. The molecule has 0 amide bonds. The lowest BCUT2D eigenvalue weighted by atomic mass is 10.0. The minimum atomic E-state index is -3.53. The normalized spacial score (nSPS) is 19.8. The Morgan fingerprint density at radius 1 is 1.20 bits per heavy atom. The van der Waals surface area contributed by atoms with Gasteiger partial charge in [0.25, 0.3) is 0 Å². The standard InChI is InChI=1S/C13H14N2O4S/c14-8-10-3-5-15(6-4-10)20(16,17)11-1-2-12-13(7-11)19-9-18-12/h1-2,7,10H,3-6,9H2. The second kappa shape index (κ2) is 4.96. The van der Waals surface area contributed by atoms with Gasteiger partial charge in [-0.2, -0.15) is 9.57 Å². The van der Waals surface area contributed by atoms with Crippen molar-refractivity contribution >= 4 is 10.0 Å². The van der Waals surface area contributed by atoms with Crippen LogP contribution in [0.4, 0.5) is 0 Å². The summed E-state index contributed by atoms with van der Waals surface area (Å²) in [6.07, 6.45) is 1.17. The molecule has 3 rings (SSSR count). The SMILES string of the molecule is N#CC1CCN(S(=O)(=O)c2ccc3c(c2)OCO3)CC1. The third kappa shape index (κ3) is 2.21. The Morgan fingerprint density at radius 2 is 1.90 bits per heavy atom. The van der Waals surface area contributed by atoms with E-state index in [1.165, 1.54) is 16.4 Å². The lowest BCUT2D eigenvalue weighted by Gasteiger charge is -2.28. The molecule has 0 spiro atoms. The Kier molecular flexibility index (Phi) is 3.28. The van der Waals surface area contributed by atoms with Crippen LogP contribution in [-0.4, -0.2) is 32.6 Å². The number of nitriles is 1. The van der Waals surface area contributed by atoms with Crippen molar-refractivity contribution in [3.63, 3.8) is 0 Å². The summed E-state index contributed by atoms with van der Waals surface area (Å²) in [4.78, 5) is 0.206. The summed E-state index contributed by atoms with van der Waals surface area (Å²) in [5.74, 6) is 0.975. The van der Waals surface area contributed by atoms with Crippen LogP contribution in [0.1, 0.15) is 12.8 Å². The largest absolute Gasteiger partial charge is 0.454 e. The molecular weight excluding hydrogens is 280 g/mol. The van der Waals surface area contributed by atoms with E-state index >= 15 is 0 Å². The van der Waals surface area contributed by atoms with E-state index in [-0.39, 0.29) is 17.6 Å². The molecule has 20 heavy (non-hydrogen) atoms. The van der Waals surface area contributed by atoms with Gasteiger partial charge in [-0.25, -0.2) is 8.42 Å². The first-order valence-electron chi connectivity index (χ1n) is 6.40. The van der Waals surface area contributed by atoms with Crippen LogP contribution in [0, 0.1) is 17.2 Å². The van der Waals surface area contributed by atoms with Gasteiger partial charge < -0.3 is 9.47 Å². The molecule has 0 bridgehead atoms. The van der Waals surface area contributed by atoms with Crippen molar-refractivity contribution in [1.82, 2.24) is 4.31 Å². The first-order chi connectivity index (χ1) is 9.61. The quantitative estimate of drug-likeness (QED) is 0.822. The monoisotopic (exact) mass is 294 g/mol. The zero-order chi connectivity index (χ0) is 14.2. The van der Waals surface area contributed by atoms with Crippen molar-refractivity contribution in [3.8, 4) is 17.6 Å². The van der Waals surface area contributed by atoms with Crippen LogP contribution in [0.25, 0.3) is 0 Å². The van der Waals surface area contributed by atoms with E-state index in [1.54, 1.807) is 6.07 Å². The Labute approximate surface area is 117 Å². The minimum Gasteiger partial charge on any atom is -0.454 e. The molecule has 1 fully saturated rings. The summed E-state index contributed by atoms with van der Waals surface area (Å²) < 4.78 is 36.9. The van der Waals surface area contributed by atoms with E-state index in [0.29, 0.717) is 37.4 Å². The van der Waals surface area contributed by atoms with Crippen LogP contribution in [0.15, 0.2) is 23.1 Å². The van der Waals surface area contributed by atoms with Crippen LogP contribution < -0.4 is 9.47 Å². The number of benzene rings is 1. The zero-order valence-electron chi connectivity index (χ0n) is 10.8. The molecule has 106 valence electrons. The van der Waals surface area contributed by atoms with E-state index < -0.39 is 10.0 Å². The molecule has 0 saturated carbocycles. The lowest BCUT2D eigenvalue weighted by molar-refractivity contribution is 0.174. The first kappa shape index (κ1) is 13.2. The third-order valence-corrected chi connectivity index (χ3v) is 5.51. The lowest BCUT2D eigenvalue weighted by Crippen LogP contribution is -2.38. The maximum absolute atomic E-state index is 12.5. The molecule has 0 aliphatic carbocycles. The zero-order valence-corrected chi connectivity index (χ0v) is 11.6. The van der Waals surface area contributed by atoms with Gasteiger partial charge in [-0.1, -0.05) is 0 Å². The average Bonchev–Trinajstić information content (AvgIpc) is 2.94. The van der Waals surface area contributed by atoms with Crippen molar-refractivity contribution in [1.29, 1.82) is 5.26 Å². The number of sulfonamides is 1. The smallest absolute Gasteiger partial charge is 0.243 e. The number of fused-ring (bicyclic) bond motifs is 1. The molecule has 0 unspecified atom stereocenters. The Morgan fingerprint density at radius 3 is 2.60 bits per heavy atom. The fourth-order valence-electron chi connectivity index (χ4n) is 2.41. The molecule has 2 aliphatic rings. The van der Waals surface area contributed by atoms with Crippen molar-refractivity contribution in [2.24, 2.45) is 5.92 Å². The van der Waals surface area contributed by atoms with Gasteiger partial charge in [0.1, 0.15) is 0 Å². The first-order valence-corrected chi connectivity index (χ1v) is 7.84. The highest BCUT2D eigenvalue weighted by Gasteiger charge is 2.30. The highest BCUT2D eigenvalue weighted by atomic mass is 32.2. The molecule has 0 radical (unpaired) electrons. The topological polar surface area (TPSA) is 79.6 Å². The Balaban J connectivity index is 1.84. The van der Waals surface area contributed by atoms with E-state index in [2.05, 4.69) is 6.07 Å². The molecule has 2 aliphatic heterocycles. The van der Waals surface area contributed by atoms with Crippen LogP contribution in [0.3, 0.4) is 0 Å². The molecule has 0 atom stereocenters. The number of rotatable bonds is 2. The fraction of sp³-hybridized carbons (Fsp3) is 0.462. The van der Waals surface area contributed by atoms with Crippen molar-refractivity contribution in [3.05, 3.63) is 18.2 Å². The van der Waals surface area contributed by atoms with Gasteiger partial charge in [-0.05, 0) is 25.0 Å². The summed E-state index contributed by atoms with van der Waals surface area (Å²) in [6, 6.07) is 6.82. The average molecular weight is 294 g/mol. The highest BCUT2D eigenvalue weighted by Crippen LogP contribution is 2.35. The van der Waals surface area contributed by atoms with E-state index in [9.17, 15) is 8.42 Å². The summed E-state index contributed by atoms with van der Waals surface area (Å²) in [7, 11) is -3.53.